The summed E-state index contributed by atoms with van der Waals surface area (Å²) in [5, 5.41) is 3.91. The van der Waals surface area contributed by atoms with Gasteiger partial charge < -0.3 is 9.47 Å². The molecule has 1 N–H and O–H groups in total. The highest BCUT2D eigenvalue weighted by molar-refractivity contribution is 5.31. The van der Waals surface area contributed by atoms with Gasteiger partial charge in [-0.05, 0) is 0 Å². The van der Waals surface area contributed by atoms with Gasteiger partial charge in [0, 0.05) is 0 Å². The molecule has 74 valence electrons. The third-order valence-electron chi connectivity index (χ3n) is 1.70. The third-order valence-corrected chi connectivity index (χ3v) is 1.70. The summed E-state index contributed by atoms with van der Waals surface area (Å²) in [6.07, 6.45) is 1.43. The van der Waals surface area contributed by atoms with Crippen molar-refractivity contribution in [2.75, 3.05) is 14.2 Å². The van der Waals surface area contributed by atoms with Gasteiger partial charge in [0.1, 0.15) is 0 Å². The Morgan fingerprint density at radius 1 is 1.43 bits per heavy atom. The monoisotopic (exact) mass is 196 g/mol. The van der Waals surface area contributed by atoms with Gasteiger partial charge in [0.25, 0.3) is 5.56 Å². The highest BCUT2D eigenvalue weighted by Crippen LogP contribution is 2.06. The van der Waals surface area contributed by atoms with E-state index in [9.17, 15) is 4.79 Å². The quantitative estimate of drug-likeness (QED) is 0.695. The average molecular weight is 196 g/mol. The Balaban J connectivity index is 2.70. The van der Waals surface area contributed by atoms with Gasteiger partial charge in [-0.1, -0.05) is 0 Å². The predicted molar refractivity (Wildman–Crippen MR) is 46.7 cm³/mol. The van der Waals surface area contributed by atoms with Crippen molar-refractivity contribution in [1.29, 1.82) is 0 Å². The maximum atomic E-state index is 11.3. The zero-order valence-electron chi connectivity index (χ0n) is 7.64. The van der Waals surface area contributed by atoms with Crippen molar-refractivity contribution in [3.8, 4) is 11.8 Å². The van der Waals surface area contributed by atoms with Crippen LogP contribution in [0, 0.1) is 0 Å². The normalized spacial score (nSPS) is 10.4. The molecule has 0 unspecified atom stereocenters. The maximum absolute atomic E-state index is 11.3. The lowest BCUT2D eigenvalue weighted by atomic mass is 10.6. The molecule has 14 heavy (non-hydrogen) atoms. The summed E-state index contributed by atoms with van der Waals surface area (Å²) >= 11 is 0. The van der Waals surface area contributed by atoms with E-state index in [1.165, 1.54) is 24.9 Å². The van der Waals surface area contributed by atoms with Crippen LogP contribution < -0.4 is 15.0 Å². The third kappa shape index (κ3) is 1.18. The molecule has 0 fully saturated rings. The van der Waals surface area contributed by atoms with Crippen LogP contribution in [0.3, 0.4) is 0 Å². The molecular weight excluding hydrogens is 188 g/mol. The highest BCUT2D eigenvalue weighted by Gasteiger charge is 2.07. The number of nitrogens with one attached hydrogen (secondary N) is 1. The van der Waals surface area contributed by atoms with Crippen molar-refractivity contribution < 1.29 is 9.47 Å². The number of methoxy groups -OCH3 is 2. The fourth-order valence-electron chi connectivity index (χ4n) is 1.04. The van der Waals surface area contributed by atoms with Crippen LogP contribution in [-0.2, 0) is 0 Å². The molecule has 2 aromatic rings. The van der Waals surface area contributed by atoms with Gasteiger partial charge in [-0.2, -0.15) is 9.50 Å². The SMILES string of the molecule is COc1nc2[nH]c(=O)c(OC)cn2n1. The summed E-state index contributed by atoms with van der Waals surface area (Å²) in [5.74, 6) is 0.484. The van der Waals surface area contributed by atoms with Crippen molar-refractivity contribution in [3.05, 3.63) is 16.6 Å². The Labute approximate surface area is 78.3 Å². The summed E-state index contributed by atoms with van der Waals surface area (Å²) in [5.41, 5.74) is -0.352. The Morgan fingerprint density at radius 2 is 2.21 bits per heavy atom. The molecule has 0 amide bonds. The van der Waals surface area contributed by atoms with E-state index in [4.69, 9.17) is 9.47 Å². The Morgan fingerprint density at radius 3 is 2.86 bits per heavy atom. The van der Waals surface area contributed by atoms with Crippen LogP contribution in [0.2, 0.25) is 0 Å². The van der Waals surface area contributed by atoms with E-state index in [2.05, 4.69) is 15.1 Å². The van der Waals surface area contributed by atoms with E-state index in [0.717, 1.165) is 0 Å². The van der Waals surface area contributed by atoms with Crippen LogP contribution in [0.1, 0.15) is 0 Å². The molecule has 0 aromatic carbocycles. The van der Waals surface area contributed by atoms with E-state index < -0.39 is 0 Å². The smallest absolute Gasteiger partial charge is 0.337 e. The second-order valence-corrected chi connectivity index (χ2v) is 2.52. The zero-order chi connectivity index (χ0) is 10.1. The molecular formula is C7H8N4O3. The number of hydrogen-bond acceptors (Lipinski definition) is 5. The number of rotatable bonds is 2. The van der Waals surface area contributed by atoms with Crippen LogP contribution in [0.25, 0.3) is 5.78 Å². The van der Waals surface area contributed by atoms with E-state index in [1.54, 1.807) is 0 Å². The van der Waals surface area contributed by atoms with Gasteiger partial charge in [-0.15, -0.1) is 5.10 Å². The van der Waals surface area contributed by atoms with Crippen LogP contribution in [-0.4, -0.2) is 33.8 Å². The first-order chi connectivity index (χ1) is 6.74. The summed E-state index contributed by atoms with van der Waals surface area (Å²) in [4.78, 5) is 17.6. The van der Waals surface area contributed by atoms with Gasteiger partial charge in [-0.25, -0.2) is 0 Å². The van der Waals surface area contributed by atoms with Crippen molar-refractivity contribution in [1.82, 2.24) is 19.6 Å². The highest BCUT2D eigenvalue weighted by atomic mass is 16.5. The van der Waals surface area contributed by atoms with E-state index in [0.29, 0.717) is 5.78 Å². The lowest BCUT2D eigenvalue weighted by molar-refractivity contribution is 0.379. The van der Waals surface area contributed by atoms with Gasteiger partial charge in [0.15, 0.2) is 0 Å². The lowest BCUT2D eigenvalue weighted by Gasteiger charge is -1.96. The molecule has 0 saturated heterocycles. The first kappa shape index (κ1) is 8.54. The minimum Gasteiger partial charge on any atom is -0.490 e. The number of aromatic amines is 1. The van der Waals surface area contributed by atoms with E-state index >= 15 is 0 Å². The fourth-order valence-corrected chi connectivity index (χ4v) is 1.04. The van der Waals surface area contributed by atoms with Gasteiger partial charge in [0.05, 0.1) is 20.4 Å². The molecule has 0 spiro atoms. The Hall–Kier alpha value is -2.05. The molecule has 0 saturated carbocycles. The van der Waals surface area contributed by atoms with Crippen LogP contribution in [0.5, 0.6) is 11.8 Å². The summed E-state index contributed by atoms with van der Waals surface area (Å²) in [6.45, 7) is 0. The summed E-state index contributed by atoms with van der Waals surface area (Å²) in [7, 11) is 2.86. The second-order valence-electron chi connectivity index (χ2n) is 2.52. The zero-order valence-corrected chi connectivity index (χ0v) is 7.64. The van der Waals surface area contributed by atoms with Crippen molar-refractivity contribution in [3.63, 3.8) is 0 Å². The Bertz CT molecular complexity index is 515. The number of aromatic nitrogens is 4. The molecule has 0 aliphatic heterocycles. The van der Waals surface area contributed by atoms with Crippen LogP contribution in [0.4, 0.5) is 0 Å². The minimum absolute atomic E-state index is 0.171. The molecule has 2 aromatic heterocycles. The molecule has 7 heteroatoms. The maximum Gasteiger partial charge on any atom is 0.337 e. The molecule has 0 aliphatic rings. The number of H-pyrrole nitrogens is 1. The van der Waals surface area contributed by atoms with E-state index in [-0.39, 0.29) is 17.3 Å². The number of nitrogens with zero attached hydrogens (tertiary/aromatic N) is 3. The van der Waals surface area contributed by atoms with Gasteiger partial charge in [-0.3, -0.25) is 9.78 Å². The molecule has 2 rings (SSSR count). The summed E-state index contributed by atoms with van der Waals surface area (Å²) < 4.78 is 11.0. The largest absolute Gasteiger partial charge is 0.490 e. The summed E-state index contributed by atoms with van der Waals surface area (Å²) in [6, 6.07) is 0.189. The first-order valence-corrected chi connectivity index (χ1v) is 3.82. The van der Waals surface area contributed by atoms with E-state index in [1.807, 2.05) is 0 Å². The predicted octanol–water partition coefficient (Wildman–Crippen LogP) is -0.565. The number of fused-ring (bicyclic) bond motifs is 1. The second kappa shape index (κ2) is 3.02. The van der Waals surface area contributed by atoms with Crippen molar-refractivity contribution in [2.45, 2.75) is 0 Å². The molecule has 7 nitrogen and oxygen atoms in total. The molecule has 0 aliphatic carbocycles. The van der Waals surface area contributed by atoms with Gasteiger partial charge in [0.2, 0.25) is 11.5 Å². The fraction of sp³-hybridized carbons (Fsp3) is 0.286. The topological polar surface area (TPSA) is 81.5 Å². The number of hydrogen-bond donors (Lipinski definition) is 1. The standard InChI is InChI=1S/C7H8N4O3/c1-13-4-3-11-6(8-5(4)12)9-7(10-11)14-2/h3H,1-2H3,(H,8,9,10,12). The van der Waals surface area contributed by atoms with Crippen LogP contribution in [0.15, 0.2) is 11.0 Å². The molecule has 0 bridgehead atoms. The lowest BCUT2D eigenvalue weighted by Crippen LogP contribution is -2.11. The molecule has 2 heterocycles. The first-order valence-electron chi connectivity index (χ1n) is 3.82. The van der Waals surface area contributed by atoms with Crippen molar-refractivity contribution in [2.24, 2.45) is 0 Å². The average Bonchev–Trinajstić information content (AvgIpc) is 2.58. The van der Waals surface area contributed by atoms with Crippen LogP contribution >= 0.6 is 0 Å². The number of ether oxygens (including phenoxy) is 2. The Kier molecular flexibility index (Phi) is 1.84. The minimum atomic E-state index is -0.352. The molecule has 0 atom stereocenters. The van der Waals surface area contributed by atoms with Gasteiger partial charge >= 0.3 is 6.01 Å². The van der Waals surface area contributed by atoms with Crippen molar-refractivity contribution >= 4 is 5.78 Å². The molecule has 0 radical (unpaired) electrons.